The Labute approximate surface area is 183 Å². The zero-order valence-corrected chi connectivity index (χ0v) is 17.6. The molecule has 5 rings (SSSR count). The van der Waals surface area contributed by atoms with Crippen LogP contribution in [0.25, 0.3) is 10.9 Å². The van der Waals surface area contributed by atoms with E-state index in [1.54, 1.807) is 0 Å². The summed E-state index contributed by atoms with van der Waals surface area (Å²) in [7, 11) is 0. The number of hydrogen-bond acceptors (Lipinski definition) is 2. The SMILES string of the molecule is O=C(c1ccc2cc[nH]c2c1)N1CCN(CC(c2ccccc2)c2ccccc2)CC1. The lowest BCUT2D eigenvalue weighted by atomic mass is 9.90. The Bertz CT molecular complexity index is 1110. The quantitative estimate of drug-likeness (QED) is 0.516. The molecule has 31 heavy (non-hydrogen) atoms. The fourth-order valence-corrected chi connectivity index (χ4v) is 4.53. The van der Waals surface area contributed by atoms with Crippen LogP contribution in [-0.4, -0.2) is 53.4 Å². The van der Waals surface area contributed by atoms with E-state index >= 15 is 0 Å². The number of H-pyrrole nitrogens is 1. The maximum absolute atomic E-state index is 13.0. The molecule has 1 aliphatic heterocycles. The van der Waals surface area contributed by atoms with Crippen molar-refractivity contribution in [3.8, 4) is 0 Å². The predicted molar refractivity (Wildman–Crippen MR) is 125 cm³/mol. The Hall–Kier alpha value is -3.37. The number of piperazine rings is 1. The standard InChI is InChI=1S/C27H27N3O/c31-27(24-12-11-23-13-14-28-26(23)19-24)30-17-15-29(16-18-30)20-25(21-7-3-1-4-8-21)22-9-5-2-6-10-22/h1-14,19,25,28H,15-18,20H2. The van der Waals surface area contributed by atoms with E-state index in [4.69, 9.17) is 0 Å². The van der Waals surface area contributed by atoms with Crippen molar-refractivity contribution in [3.05, 3.63) is 108 Å². The highest BCUT2D eigenvalue weighted by Gasteiger charge is 2.25. The fourth-order valence-electron chi connectivity index (χ4n) is 4.53. The lowest BCUT2D eigenvalue weighted by Crippen LogP contribution is -2.49. The van der Waals surface area contributed by atoms with Gasteiger partial charge in [0.25, 0.3) is 5.91 Å². The molecule has 0 atom stereocenters. The van der Waals surface area contributed by atoms with Gasteiger partial charge >= 0.3 is 0 Å². The van der Waals surface area contributed by atoms with Crippen LogP contribution in [0.15, 0.2) is 91.1 Å². The van der Waals surface area contributed by atoms with Gasteiger partial charge in [0.05, 0.1) is 0 Å². The molecule has 1 aromatic heterocycles. The molecule has 0 radical (unpaired) electrons. The summed E-state index contributed by atoms with van der Waals surface area (Å²) in [5.41, 5.74) is 4.45. The first-order valence-electron chi connectivity index (χ1n) is 11.0. The highest BCUT2D eigenvalue weighted by molar-refractivity contribution is 5.98. The number of hydrogen-bond donors (Lipinski definition) is 1. The number of amides is 1. The maximum atomic E-state index is 13.0. The second-order valence-electron chi connectivity index (χ2n) is 8.25. The number of aromatic nitrogens is 1. The summed E-state index contributed by atoms with van der Waals surface area (Å²) in [5.74, 6) is 0.457. The third-order valence-electron chi connectivity index (χ3n) is 6.31. The lowest BCUT2D eigenvalue weighted by Gasteiger charge is -2.36. The highest BCUT2D eigenvalue weighted by atomic mass is 16.2. The lowest BCUT2D eigenvalue weighted by molar-refractivity contribution is 0.0634. The van der Waals surface area contributed by atoms with Gasteiger partial charge < -0.3 is 9.88 Å². The van der Waals surface area contributed by atoms with Gasteiger partial charge in [-0.3, -0.25) is 9.69 Å². The monoisotopic (exact) mass is 409 g/mol. The largest absolute Gasteiger partial charge is 0.361 e. The molecule has 1 saturated heterocycles. The van der Waals surface area contributed by atoms with E-state index in [2.05, 4.69) is 70.5 Å². The van der Waals surface area contributed by atoms with Gasteiger partial charge in [0.2, 0.25) is 0 Å². The molecule has 0 saturated carbocycles. The summed E-state index contributed by atoms with van der Waals surface area (Å²) in [4.78, 5) is 20.7. The summed E-state index contributed by atoms with van der Waals surface area (Å²) < 4.78 is 0. The smallest absolute Gasteiger partial charge is 0.254 e. The average molecular weight is 410 g/mol. The molecule has 4 heteroatoms. The molecule has 2 heterocycles. The van der Waals surface area contributed by atoms with Gasteiger partial charge in [0.1, 0.15) is 0 Å². The molecule has 0 aliphatic carbocycles. The molecular formula is C27H27N3O. The number of benzene rings is 3. The first-order chi connectivity index (χ1) is 15.3. The third kappa shape index (κ3) is 4.25. The molecule has 4 aromatic rings. The summed E-state index contributed by atoms with van der Waals surface area (Å²) in [6.07, 6.45) is 1.91. The Balaban J connectivity index is 1.26. The second-order valence-corrected chi connectivity index (χ2v) is 8.25. The van der Waals surface area contributed by atoms with Crippen LogP contribution in [0.2, 0.25) is 0 Å². The summed E-state index contributed by atoms with van der Waals surface area (Å²) in [6.45, 7) is 4.28. The first-order valence-corrected chi connectivity index (χ1v) is 11.0. The minimum atomic E-state index is 0.124. The van der Waals surface area contributed by atoms with Gasteiger partial charge in [-0.2, -0.15) is 0 Å². The zero-order chi connectivity index (χ0) is 21.0. The van der Waals surface area contributed by atoms with Crippen molar-refractivity contribution in [2.45, 2.75) is 5.92 Å². The number of nitrogens with one attached hydrogen (secondary N) is 1. The number of nitrogens with zero attached hydrogens (tertiary/aromatic N) is 2. The van der Waals surface area contributed by atoms with Gasteiger partial charge in [-0.05, 0) is 34.7 Å². The molecular weight excluding hydrogens is 382 g/mol. The van der Waals surface area contributed by atoms with Crippen LogP contribution in [0.4, 0.5) is 0 Å². The Morgan fingerprint density at radius 3 is 2.10 bits per heavy atom. The van der Waals surface area contributed by atoms with Gasteiger partial charge in [-0.15, -0.1) is 0 Å². The topological polar surface area (TPSA) is 39.3 Å². The van der Waals surface area contributed by atoms with E-state index in [1.807, 2.05) is 35.4 Å². The molecule has 4 nitrogen and oxygen atoms in total. The normalized spacial score (nSPS) is 14.9. The number of rotatable bonds is 5. The van der Waals surface area contributed by atoms with Crippen LogP contribution in [0.1, 0.15) is 27.4 Å². The third-order valence-corrected chi connectivity index (χ3v) is 6.31. The molecule has 156 valence electrons. The van der Waals surface area contributed by atoms with E-state index in [0.717, 1.165) is 49.2 Å². The predicted octanol–water partition coefficient (Wildman–Crippen LogP) is 4.76. The number of carbonyl (C=O) groups excluding carboxylic acids is 1. The molecule has 1 aliphatic rings. The van der Waals surface area contributed by atoms with Crippen LogP contribution in [-0.2, 0) is 0 Å². The summed E-state index contributed by atoms with van der Waals surface area (Å²) >= 11 is 0. The minimum absolute atomic E-state index is 0.124. The molecule has 1 amide bonds. The summed E-state index contributed by atoms with van der Waals surface area (Å²) in [5, 5.41) is 1.13. The number of fused-ring (bicyclic) bond motifs is 1. The van der Waals surface area contributed by atoms with E-state index < -0.39 is 0 Å². The summed E-state index contributed by atoms with van der Waals surface area (Å²) in [6, 6.07) is 29.4. The van der Waals surface area contributed by atoms with Crippen molar-refractivity contribution in [2.75, 3.05) is 32.7 Å². The van der Waals surface area contributed by atoms with Crippen LogP contribution in [0.3, 0.4) is 0 Å². The van der Waals surface area contributed by atoms with Crippen molar-refractivity contribution in [2.24, 2.45) is 0 Å². The zero-order valence-electron chi connectivity index (χ0n) is 17.6. The number of carbonyl (C=O) groups is 1. The molecule has 0 spiro atoms. The van der Waals surface area contributed by atoms with Crippen molar-refractivity contribution in [1.29, 1.82) is 0 Å². The Morgan fingerprint density at radius 1 is 0.806 bits per heavy atom. The molecule has 1 fully saturated rings. The van der Waals surface area contributed by atoms with Crippen molar-refractivity contribution in [1.82, 2.24) is 14.8 Å². The minimum Gasteiger partial charge on any atom is -0.361 e. The van der Waals surface area contributed by atoms with Crippen molar-refractivity contribution < 1.29 is 4.79 Å². The van der Waals surface area contributed by atoms with Gasteiger partial charge in [-0.25, -0.2) is 0 Å². The van der Waals surface area contributed by atoms with Crippen molar-refractivity contribution >= 4 is 16.8 Å². The van der Waals surface area contributed by atoms with E-state index in [0.29, 0.717) is 5.92 Å². The van der Waals surface area contributed by atoms with Crippen LogP contribution >= 0.6 is 0 Å². The van der Waals surface area contributed by atoms with Crippen LogP contribution in [0.5, 0.6) is 0 Å². The second kappa shape index (κ2) is 8.78. The van der Waals surface area contributed by atoms with Crippen LogP contribution < -0.4 is 0 Å². The Kier molecular flexibility index (Phi) is 5.55. The van der Waals surface area contributed by atoms with Crippen LogP contribution in [0, 0.1) is 0 Å². The molecule has 0 bridgehead atoms. The first kappa shape index (κ1) is 19.6. The number of aromatic amines is 1. The van der Waals surface area contributed by atoms with E-state index in [9.17, 15) is 4.79 Å². The molecule has 1 N–H and O–H groups in total. The van der Waals surface area contributed by atoms with E-state index in [-0.39, 0.29) is 5.91 Å². The average Bonchev–Trinajstić information content (AvgIpc) is 3.32. The highest BCUT2D eigenvalue weighted by Crippen LogP contribution is 2.26. The van der Waals surface area contributed by atoms with Gasteiger partial charge in [0, 0.05) is 55.9 Å². The Morgan fingerprint density at radius 2 is 1.45 bits per heavy atom. The molecule has 3 aromatic carbocycles. The molecule has 0 unspecified atom stereocenters. The van der Waals surface area contributed by atoms with E-state index in [1.165, 1.54) is 11.1 Å². The van der Waals surface area contributed by atoms with Crippen molar-refractivity contribution in [3.63, 3.8) is 0 Å². The maximum Gasteiger partial charge on any atom is 0.254 e. The van der Waals surface area contributed by atoms with Gasteiger partial charge in [0.15, 0.2) is 0 Å². The van der Waals surface area contributed by atoms with Gasteiger partial charge in [-0.1, -0.05) is 66.7 Å². The fraction of sp³-hybridized carbons (Fsp3) is 0.222.